The van der Waals surface area contributed by atoms with Crippen molar-refractivity contribution in [2.45, 2.75) is 70.6 Å². The van der Waals surface area contributed by atoms with Crippen molar-refractivity contribution in [1.82, 2.24) is 15.0 Å². The number of hydrogen-bond donors (Lipinski definition) is 0. The van der Waals surface area contributed by atoms with Gasteiger partial charge in [-0.3, -0.25) is 9.69 Å². The lowest BCUT2D eigenvalue weighted by Crippen LogP contribution is -2.36. The molecule has 1 unspecified atom stereocenters. The van der Waals surface area contributed by atoms with E-state index in [0.717, 1.165) is 12.8 Å². The van der Waals surface area contributed by atoms with Crippen molar-refractivity contribution < 1.29 is 23.6 Å². The molecule has 1 aromatic rings. The maximum absolute atomic E-state index is 12.4. The van der Waals surface area contributed by atoms with Gasteiger partial charge in [0.15, 0.2) is 11.4 Å². The molecule has 1 saturated carbocycles. The van der Waals surface area contributed by atoms with Crippen molar-refractivity contribution in [3.8, 4) is 0 Å². The van der Waals surface area contributed by atoms with Crippen molar-refractivity contribution in [2.24, 2.45) is 0 Å². The Morgan fingerprint density at radius 1 is 1.33 bits per heavy atom. The number of carbonyl (C=O) groups is 2. The highest BCUT2D eigenvalue weighted by molar-refractivity contribution is 5.69. The first-order valence-corrected chi connectivity index (χ1v) is 8.23. The maximum atomic E-state index is 12.4. The van der Waals surface area contributed by atoms with Crippen LogP contribution >= 0.6 is 0 Å². The summed E-state index contributed by atoms with van der Waals surface area (Å²) < 4.78 is 16.1. The molecule has 1 aliphatic heterocycles. The second kappa shape index (κ2) is 5.75. The largest absolute Gasteiger partial charge is 0.449 e. The first kappa shape index (κ1) is 16.7. The highest BCUT2D eigenvalue weighted by Gasteiger charge is 2.54. The van der Waals surface area contributed by atoms with E-state index < -0.39 is 11.2 Å². The maximum Gasteiger partial charge on any atom is 0.410 e. The zero-order chi connectivity index (χ0) is 17.5. The van der Waals surface area contributed by atoms with Crippen LogP contribution in [0.15, 0.2) is 4.52 Å². The fraction of sp³-hybridized carbons (Fsp3) is 0.750. The number of aromatic nitrogens is 2. The second-order valence-electron chi connectivity index (χ2n) is 7.38. The van der Waals surface area contributed by atoms with E-state index in [1.54, 1.807) is 4.90 Å². The van der Waals surface area contributed by atoms with Crippen LogP contribution in [0.1, 0.15) is 71.1 Å². The van der Waals surface area contributed by atoms with Gasteiger partial charge in [-0.2, -0.15) is 4.98 Å². The quantitative estimate of drug-likeness (QED) is 0.782. The van der Waals surface area contributed by atoms with Crippen molar-refractivity contribution in [3.05, 3.63) is 11.7 Å². The Kier molecular flexibility index (Phi) is 4.01. The molecule has 0 N–H and O–H groups in total. The Bertz CT molecular complexity index is 644. The summed E-state index contributed by atoms with van der Waals surface area (Å²) in [6, 6.07) is -0.273. The van der Waals surface area contributed by atoms with Crippen LogP contribution in [0.3, 0.4) is 0 Å². The van der Waals surface area contributed by atoms with Crippen LogP contribution in [0.25, 0.3) is 0 Å². The highest BCUT2D eigenvalue weighted by atomic mass is 16.6. The SMILES string of the molecule is CC(=O)OC1(c2nc(C3CCCN3C(=O)OC(C)(C)C)no2)CC1. The van der Waals surface area contributed by atoms with Gasteiger partial charge < -0.3 is 14.0 Å². The van der Waals surface area contributed by atoms with E-state index in [4.69, 9.17) is 14.0 Å². The fourth-order valence-electron chi connectivity index (χ4n) is 2.88. The first-order valence-electron chi connectivity index (χ1n) is 8.23. The average molecular weight is 337 g/mol. The average Bonchev–Trinajstić information content (AvgIpc) is 2.92. The van der Waals surface area contributed by atoms with E-state index >= 15 is 0 Å². The standard InChI is InChI=1S/C16H23N3O5/c1-10(20)22-16(7-8-16)13-17-12(18-24-13)11-6-5-9-19(11)14(21)23-15(2,3)4/h11H,5-9H2,1-4H3. The molecule has 0 radical (unpaired) electrons. The number of esters is 1. The van der Waals surface area contributed by atoms with Gasteiger partial charge in [-0.15, -0.1) is 0 Å². The topological polar surface area (TPSA) is 94.8 Å². The molecule has 0 spiro atoms. The normalized spacial score (nSPS) is 22.3. The molecule has 1 amide bonds. The number of rotatable bonds is 3. The molecular formula is C16H23N3O5. The van der Waals surface area contributed by atoms with E-state index in [9.17, 15) is 9.59 Å². The monoisotopic (exact) mass is 337 g/mol. The van der Waals surface area contributed by atoms with E-state index in [0.29, 0.717) is 31.1 Å². The molecule has 2 heterocycles. The summed E-state index contributed by atoms with van der Waals surface area (Å²) in [6.07, 6.45) is 2.57. The summed E-state index contributed by atoms with van der Waals surface area (Å²) in [7, 11) is 0. The Balaban J connectivity index is 1.74. The van der Waals surface area contributed by atoms with Crippen molar-refractivity contribution in [2.75, 3.05) is 6.54 Å². The first-order chi connectivity index (χ1) is 11.2. The van der Waals surface area contributed by atoms with E-state index in [2.05, 4.69) is 10.1 Å². The molecule has 0 aromatic carbocycles. The molecule has 24 heavy (non-hydrogen) atoms. The number of hydrogen-bond acceptors (Lipinski definition) is 7. The predicted molar refractivity (Wildman–Crippen MR) is 81.9 cm³/mol. The lowest BCUT2D eigenvalue weighted by Gasteiger charge is -2.27. The molecule has 1 saturated heterocycles. The molecule has 8 heteroatoms. The molecule has 8 nitrogen and oxygen atoms in total. The number of carbonyl (C=O) groups excluding carboxylic acids is 2. The third kappa shape index (κ3) is 3.37. The third-order valence-corrected chi connectivity index (χ3v) is 4.05. The van der Waals surface area contributed by atoms with Gasteiger partial charge >= 0.3 is 12.1 Å². The second-order valence-corrected chi connectivity index (χ2v) is 7.38. The molecule has 1 aliphatic carbocycles. The number of ether oxygens (including phenoxy) is 2. The summed E-state index contributed by atoms with van der Waals surface area (Å²) in [4.78, 5) is 29.6. The van der Waals surface area contributed by atoms with Gasteiger partial charge in [-0.05, 0) is 33.6 Å². The van der Waals surface area contributed by atoms with Crippen LogP contribution in [-0.2, 0) is 19.9 Å². The minimum atomic E-state index is -0.771. The lowest BCUT2D eigenvalue weighted by atomic mass is 10.2. The Morgan fingerprint density at radius 3 is 2.62 bits per heavy atom. The third-order valence-electron chi connectivity index (χ3n) is 4.05. The summed E-state index contributed by atoms with van der Waals surface area (Å²) in [5, 5.41) is 4.01. The smallest absolute Gasteiger partial charge is 0.410 e. The number of nitrogens with zero attached hydrogens (tertiary/aromatic N) is 3. The zero-order valence-electron chi connectivity index (χ0n) is 14.5. The summed E-state index contributed by atoms with van der Waals surface area (Å²) in [5.41, 5.74) is -1.33. The van der Waals surface area contributed by atoms with E-state index in [-0.39, 0.29) is 18.1 Å². The molecule has 0 bridgehead atoms. The Morgan fingerprint density at radius 2 is 2.04 bits per heavy atom. The van der Waals surface area contributed by atoms with Gasteiger partial charge in [0, 0.05) is 26.3 Å². The van der Waals surface area contributed by atoms with Crippen LogP contribution in [0.2, 0.25) is 0 Å². The van der Waals surface area contributed by atoms with Crippen LogP contribution in [-0.4, -0.2) is 39.2 Å². The van der Waals surface area contributed by atoms with E-state index in [1.165, 1.54) is 6.92 Å². The minimum absolute atomic E-state index is 0.273. The molecule has 1 atom stereocenters. The van der Waals surface area contributed by atoms with E-state index in [1.807, 2.05) is 20.8 Å². The minimum Gasteiger partial charge on any atom is -0.449 e. The van der Waals surface area contributed by atoms with Gasteiger partial charge in [-0.1, -0.05) is 5.16 Å². The van der Waals surface area contributed by atoms with Crippen molar-refractivity contribution >= 4 is 12.1 Å². The molecule has 3 rings (SSSR count). The molecule has 1 aromatic heterocycles. The van der Waals surface area contributed by atoms with Crippen LogP contribution in [0, 0.1) is 0 Å². The highest BCUT2D eigenvalue weighted by Crippen LogP contribution is 2.49. The molecule has 132 valence electrons. The van der Waals surface area contributed by atoms with Crippen LogP contribution in [0.4, 0.5) is 4.79 Å². The number of amides is 1. The number of likely N-dealkylation sites (tertiary alicyclic amines) is 1. The van der Waals surface area contributed by atoms with Crippen LogP contribution < -0.4 is 0 Å². The molecule has 2 fully saturated rings. The van der Waals surface area contributed by atoms with Crippen LogP contribution in [0.5, 0.6) is 0 Å². The van der Waals surface area contributed by atoms with Gasteiger partial charge in [0.25, 0.3) is 5.89 Å². The summed E-state index contributed by atoms with van der Waals surface area (Å²) in [5.74, 6) is 0.374. The lowest BCUT2D eigenvalue weighted by molar-refractivity contribution is -0.150. The Labute approximate surface area is 140 Å². The predicted octanol–water partition coefficient (Wildman–Crippen LogP) is 2.69. The van der Waals surface area contributed by atoms with Crippen molar-refractivity contribution in [3.63, 3.8) is 0 Å². The Hall–Kier alpha value is -2.12. The summed E-state index contributed by atoms with van der Waals surface area (Å²) >= 11 is 0. The van der Waals surface area contributed by atoms with Gasteiger partial charge in [-0.25, -0.2) is 4.79 Å². The molecule has 2 aliphatic rings. The van der Waals surface area contributed by atoms with Gasteiger partial charge in [0.05, 0.1) is 6.04 Å². The molecular weight excluding hydrogens is 314 g/mol. The summed E-state index contributed by atoms with van der Waals surface area (Å²) in [6.45, 7) is 7.45. The zero-order valence-corrected chi connectivity index (χ0v) is 14.5. The van der Waals surface area contributed by atoms with Crippen molar-refractivity contribution in [1.29, 1.82) is 0 Å². The fourth-order valence-corrected chi connectivity index (χ4v) is 2.88. The van der Waals surface area contributed by atoms with Gasteiger partial charge in [0.2, 0.25) is 0 Å². The van der Waals surface area contributed by atoms with Gasteiger partial charge in [0.1, 0.15) is 5.60 Å².